The van der Waals surface area contributed by atoms with Gasteiger partial charge < -0.3 is 20.3 Å². The molecule has 0 spiro atoms. The smallest absolute Gasteiger partial charge is 0.225 e. The van der Waals surface area contributed by atoms with E-state index in [-0.39, 0.29) is 5.92 Å². The Kier molecular flexibility index (Phi) is 9.54. The summed E-state index contributed by atoms with van der Waals surface area (Å²) in [5.41, 5.74) is 0. The van der Waals surface area contributed by atoms with Crippen molar-refractivity contribution in [1.29, 1.82) is 0 Å². The molecule has 0 bridgehead atoms. The van der Waals surface area contributed by atoms with Gasteiger partial charge in [-0.15, -0.1) is 0 Å². The molecule has 0 radical (unpaired) electrons. The van der Waals surface area contributed by atoms with Gasteiger partial charge in [-0.1, -0.05) is 19.3 Å². The molecule has 1 aliphatic carbocycles. The standard InChI is InChI=1S/C22H41N5O2/c1-2-23-22(24-11-6-7-12-26-14-16-29-17-15-26)25-20-10-13-27(18-20)21(28)19-8-4-3-5-9-19/h19-20H,2-18H2,1H3,(H2,23,24,25). The molecule has 0 aromatic heterocycles. The average Bonchev–Trinajstić information content (AvgIpc) is 3.23. The molecule has 1 amide bonds. The second kappa shape index (κ2) is 12.4. The molecular weight excluding hydrogens is 366 g/mol. The zero-order chi connectivity index (χ0) is 20.3. The van der Waals surface area contributed by atoms with E-state index in [1.165, 1.54) is 25.7 Å². The van der Waals surface area contributed by atoms with E-state index in [4.69, 9.17) is 9.73 Å². The highest BCUT2D eigenvalue weighted by atomic mass is 16.5. The number of carbonyl (C=O) groups is 1. The number of morpholine rings is 1. The Bertz CT molecular complexity index is 515. The number of nitrogens with one attached hydrogen (secondary N) is 2. The van der Waals surface area contributed by atoms with Crippen molar-refractivity contribution in [3.8, 4) is 0 Å². The highest BCUT2D eigenvalue weighted by molar-refractivity contribution is 5.81. The molecule has 3 rings (SSSR count). The number of nitrogens with zero attached hydrogens (tertiary/aromatic N) is 3. The molecule has 2 saturated heterocycles. The van der Waals surface area contributed by atoms with Crippen LogP contribution < -0.4 is 10.6 Å². The van der Waals surface area contributed by atoms with E-state index in [1.54, 1.807) is 0 Å². The minimum Gasteiger partial charge on any atom is -0.379 e. The Morgan fingerprint density at radius 3 is 2.62 bits per heavy atom. The first-order valence-electron chi connectivity index (χ1n) is 11.9. The molecule has 7 heteroatoms. The van der Waals surface area contributed by atoms with E-state index in [2.05, 4.69) is 27.4 Å². The summed E-state index contributed by atoms with van der Waals surface area (Å²) in [7, 11) is 0. The second-order valence-electron chi connectivity index (χ2n) is 8.67. The van der Waals surface area contributed by atoms with Crippen molar-refractivity contribution in [2.24, 2.45) is 10.9 Å². The summed E-state index contributed by atoms with van der Waals surface area (Å²) in [6.07, 6.45) is 9.19. The van der Waals surface area contributed by atoms with E-state index in [0.717, 1.165) is 90.7 Å². The first-order chi connectivity index (χ1) is 14.3. The van der Waals surface area contributed by atoms with E-state index in [1.807, 2.05) is 0 Å². The lowest BCUT2D eigenvalue weighted by molar-refractivity contribution is -0.135. The third-order valence-corrected chi connectivity index (χ3v) is 6.40. The van der Waals surface area contributed by atoms with Crippen LogP contribution >= 0.6 is 0 Å². The molecule has 3 fully saturated rings. The number of guanidine groups is 1. The van der Waals surface area contributed by atoms with Crippen LogP contribution in [-0.2, 0) is 9.53 Å². The predicted molar refractivity (Wildman–Crippen MR) is 117 cm³/mol. The maximum absolute atomic E-state index is 12.8. The second-order valence-corrected chi connectivity index (χ2v) is 8.67. The van der Waals surface area contributed by atoms with E-state index >= 15 is 0 Å². The van der Waals surface area contributed by atoms with Gasteiger partial charge in [0.05, 0.1) is 13.2 Å². The van der Waals surface area contributed by atoms with Crippen LogP contribution in [0.3, 0.4) is 0 Å². The van der Waals surface area contributed by atoms with Gasteiger partial charge in [-0.05, 0) is 45.6 Å². The lowest BCUT2D eigenvalue weighted by Gasteiger charge is -2.26. The summed E-state index contributed by atoms with van der Waals surface area (Å²) in [6.45, 7) is 10.5. The normalized spacial score (nSPS) is 24.7. The summed E-state index contributed by atoms with van der Waals surface area (Å²) in [6, 6.07) is 0.314. The summed E-state index contributed by atoms with van der Waals surface area (Å²) >= 11 is 0. The Labute approximate surface area is 176 Å². The molecule has 0 aromatic rings. The van der Waals surface area contributed by atoms with Crippen LogP contribution in [0.15, 0.2) is 4.99 Å². The molecule has 2 N–H and O–H groups in total. The van der Waals surface area contributed by atoms with Crippen LogP contribution in [0.25, 0.3) is 0 Å². The Morgan fingerprint density at radius 2 is 1.86 bits per heavy atom. The molecule has 166 valence electrons. The number of unbranched alkanes of at least 4 members (excludes halogenated alkanes) is 1. The Balaban J connectivity index is 1.36. The molecule has 2 aliphatic heterocycles. The number of carbonyl (C=O) groups excluding carboxylic acids is 1. The first-order valence-corrected chi connectivity index (χ1v) is 11.9. The highest BCUT2D eigenvalue weighted by Crippen LogP contribution is 2.26. The minimum absolute atomic E-state index is 0.274. The van der Waals surface area contributed by atoms with Gasteiger partial charge in [0.25, 0.3) is 0 Å². The van der Waals surface area contributed by atoms with Crippen LogP contribution in [0, 0.1) is 5.92 Å². The van der Waals surface area contributed by atoms with Crippen molar-refractivity contribution >= 4 is 11.9 Å². The van der Waals surface area contributed by atoms with Crippen molar-refractivity contribution in [3.63, 3.8) is 0 Å². The lowest BCUT2D eigenvalue weighted by Crippen LogP contribution is -2.45. The highest BCUT2D eigenvalue weighted by Gasteiger charge is 2.31. The zero-order valence-corrected chi connectivity index (χ0v) is 18.3. The molecule has 1 saturated carbocycles. The number of hydrogen-bond donors (Lipinski definition) is 2. The quantitative estimate of drug-likeness (QED) is 0.365. The number of rotatable bonds is 8. The molecule has 3 aliphatic rings. The van der Waals surface area contributed by atoms with Gasteiger partial charge in [0, 0.05) is 51.2 Å². The Morgan fingerprint density at radius 1 is 1.07 bits per heavy atom. The molecular formula is C22H41N5O2. The van der Waals surface area contributed by atoms with Crippen LogP contribution in [0.4, 0.5) is 0 Å². The maximum Gasteiger partial charge on any atom is 0.225 e. The fraction of sp³-hybridized carbons (Fsp3) is 0.909. The average molecular weight is 408 g/mol. The van der Waals surface area contributed by atoms with Crippen molar-refractivity contribution in [2.75, 3.05) is 59.0 Å². The van der Waals surface area contributed by atoms with Gasteiger partial charge in [-0.3, -0.25) is 14.7 Å². The van der Waals surface area contributed by atoms with Gasteiger partial charge >= 0.3 is 0 Å². The Hall–Kier alpha value is -1.34. The third kappa shape index (κ3) is 7.45. The van der Waals surface area contributed by atoms with E-state index in [9.17, 15) is 4.79 Å². The predicted octanol–water partition coefficient (Wildman–Crippen LogP) is 1.84. The number of amides is 1. The van der Waals surface area contributed by atoms with Crippen molar-refractivity contribution in [3.05, 3.63) is 0 Å². The molecule has 0 aromatic carbocycles. The largest absolute Gasteiger partial charge is 0.379 e. The summed E-state index contributed by atoms with van der Waals surface area (Å²) in [5.74, 6) is 1.56. The van der Waals surface area contributed by atoms with Gasteiger partial charge in [-0.2, -0.15) is 0 Å². The minimum atomic E-state index is 0.274. The van der Waals surface area contributed by atoms with Gasteiger partial charge in [0.2, 0.25) is 5.91 Å². The van der Waals surface area contributed by atoms with Crippen LogP contribution in [-0.4, -0.2) is 86.7 Å². The fourth-order valence-electron chi connectivity index (χ4n) is 4.66. The lowest BCUT2D eigenvalue weighted by atomic mass is 9.88. The summed E-state index contributed by atoms with van der Waals surface area (Å²) in [5, 5.41) is 6.93. The van der Waals surface area contributed by atoms with Gasteiger partial charge in [-0.25, -0.2) is 0 Å². The third-order valence-electron chi connectivity index (χ3n) is 6.40. The van der Waals surface area contributed by atoms with E-state index in [0.29, 0.717) is 11.9 Å². The SMILES string of the molecule is CCNC(=NCCCCN1CCOCC1)NC1CCN(C(=O)C2CCCCC2)C1. The number of likely N-dealkylation sites (tertiary alicyclic amines) is 1. The van der Waals surface area contributed by atoms with Crippen molar-refractivity contribution in [2.45, 2.75) is 64.3 Å². The zero-order valence-electron chi connectivity index (χ0n) is 18.3. The molecule has 1 unspecified atom stereocenters. The van der Waals surface area contributed by atoms with E-state index < -0.39 is 0 Å². The summed E-state index contributed by atoms with van der Waals surface area (Å²) < 4.78 is 5.40. The van der Waals surface area contributed by atoms with Crippen LogP contribution in [0.2, 0.25) is 0 Å². The maximum atomic E-state index is 12.8. The summed E-state index contributed by atoms with van der Waals surface area (Å²) in [4.78, 5) is 22.1. The fourth-order valence-corrected chi connectivity index (χ4v) is 4.66. The van der Waals surface area contributed by atoms with Gasteiger partial charge in [0.15, 0.2) is 5.96 Å². The molecule has 2 heterocycles. The van der Waals surface area contributed by atoms with Crippen molar-refractivity contribution in [1.82, 2.24) is 20.4 Å². The molecule has 29 heavy (non-hydrogen) atoms. The van der Waals surface area contributed by atoms with Gasteiger partial charge in [0.1, 0.15) is 0 Å². The number of hydrogen-bond acceptors (Lipinski definition) is 4. The monoisotopic (exact) mass is 407 g/mol. The number of aliphatic imine (C=N–C) groups is 1. The van der Waals surface area contributed by atoms with Crippen molar-refractivity contribution < 1.29 is 9.53 Å². The van der Waals surface area contributed by atoms with Crippen LogP contribution in [0.1, 0.15) is 58.3 Å². The van der Waals surface area contributed by atoms with Crippen LogP contribution in [0.5, 0.6) is 0 Å². The topological polar surface area (TPSA) is 69.2 Å². The molecule has 7 nitrogen and oxygen atoms in total. The first kappa shape index (κ1) is 22.3. The number of ether oxygens (including phenoxy) is 1. The molecule has 1 atom stereocenters.